The van der Waals surface area contributed by atoms with Crippen molar-refractivity contribution in [3.8, 4) is 0 Å². The van der Waals surface area contributed by atoms with Gasteiger partial charge in [0.1, 0.15) is 6.04 Å². The average molecular weight is 298 g/mol. The molecule has 1 fully saturated rings. The maximum Gasteiger partial charge on any atom is 0.326 e. The van der Waals surface area contributed by atoms with E-state index in [1.54, 1.807) is 0 Å². The molecule has 1 rings (SSSR count). The second kappa shape index (κ2) is 8.90. The lowest BCUT2D eigenvalue weighted by Crippen LogP contribution is -2.49. The number of amides is 2. The first kappa shape index (κ1) is 17.8. The van der Waals surface area contributed by atoms with Crippen molar-refractivity contribution in [2.45, 2.75) is 65.3 Å². The molecule has 21 heavy (non-hydrogen) atoms. The van der Waals surface area contributed by atoms with Crippen LogP contribution in [0.25, 0.3) is 0 Å². The van der Waals surface area contributed by atoms with Crippen molar-refractivity contribution in [3.63, 3.8) is 0 Å². The van der Waals surface area contributed by atoms with Gasteiger partial charge < -0.3 is 15.7 Å². The van der Waals surface area contributed by atoms with Crippen molar-refractivity contribution in [2.24, 2.45) is 17.8 Å². The number of urea groups is 1. The van der Waals surface area contributed by atoms with Crippen LogP contribution in [0.3, 0.4) is 0 Å². The molecule has 0 radical (unpaired) electrons. The van der Waals surface area contributed by atoms with Crippen LogP contribution in [0.4, 0.5) is 4.79 Å². The minimum atomic E-state index is -0.972. The van der Waals surface area contributed by atoms with Gasteiger partial charge in [-0.2, -0.15) is 0 Å². The Kier molecular flexibility index (Phi) is 7.54. The zero-order chi connectivity index (χ0) is 15.8. The van der Waals surface area contributed by atoms with Crippen molar-refractivity contribution >= 4 is 12.0 Å². The Morgan fingerprint density at radius 2 is 1.86 bits per heavy atom. The Labute approximate surface area is 127 Å². The smallest absolute Gasteiger partial charge is 0.326 e. The minimum Gasteiger partial charge on any atom is -0.480 e. The topological polar surface area (TPSA) is 78.4 Å². The largest absolute Gasteiger partial charge is 0.480 e. The van der Waals surface area contributed by atoms with Gasteiger partial charge in [-0.25, -0.2) is 9.59 Å². The first-order valence-corrected chi connectivity index (χ1v) is 8.21. The Balaban J connectivity index is 2.25. The summed E-state index contributed by atoms with van der Waals surface area (Å²) >= 11 is 0. The fraction of sp³-hybridized carbons (Fsp3) is 0.875. The van der Waals surface area contributed by atoms with Crippen LogP contribution in [0.1, 0.15) is 59.3 Å². The molecule has 1 saturated carbocycles. The number of carboxylic acids is 1. The summed E-state index contributed by atoms with van der Waals surface area (Å²) in [7, 11) is 0. The molecule has 0 aromatic carbocycles. The molecule has 2 amide bonds. The summed E-state index contributed by atoms with van der Waals surface area (Å²) in [4.78, 5) is 22.9. The molecule has 2 unspecified atom stereocenters. The molecular weight excluding hydrogens is 268 g/mol. The Bertz CT molecular complexity index is 338. The summed E-state index contributed by atoms with van der Waals surface area (Å²) in [6, 6.07) is -1.18. The van der Waals surface area contributed by atoms with Crippen LogP contribution in [0.2, 0.25) is 0 Å². The summed E-state index contributed by atoms with van der Waals surface area (Å²) in [5.41, 5.74) is 0. The Hall–Kier alpha value is -1.26. The molecule has 0 aromatic rings. The van der Waals surface area contributed by atoms with E-state index in [-0.39, 0.29) is 11.9 Å². The van der Waals surface area contributed by atoms with Crippen LogP contribution in [-0.2, 0) is 4.79 Å². The van der Waals surface area contributed by atoms with Gasteiger partial charge in [0, 0.05) is 6.54 Å². The van der Waals surface area contributed by atoms with Crippen LogP contribution in [0.5, 0.6) is 0 Å². The van der Waals surface area contributed by atoms with Crippen LogP contribution in [-0.4, -0.2) is 29.7 Å². The van der Waals surface area contributed by atoms with Gasteiger partial charge in [-0.3, -0.25) is 0 Å². The Morgan fingerprint density at radius 3 is 2.38 bits per heavy atom. The molecule has 0 bridgehead atoms. The SMILES string of the molecule is CCC(C)C(NC(=O)NCCC1CCC(C)CC1)C(=O)O. The van der Waals surface area contributed by atoms with E-state index in [4.69, 9.17) is 5.11 Å². The molecule has 1 aliphatic rings. The van der Waals surface area contributed by atoms with Crippen LogP contribution >= 0.6 is 0 Å². The highest BCUT2D eigenvalue weighted by atomic mass is 16.4. The number of aliphatic carboxylic acids is 1. The standard InChI is InChI=1S/C16H30N2O3/c1-4-12(3)14(15(19)20)18-16(21)17-10-9-13-7-5-11(2)6-8-13/h11-14H,4-10H2,1-3H3,(H,19,20)(H2,17,18,21). The zero-order valence-electron chi connectivity index (χ0n) is 13.5. The van der Waals surface area contributed by atoms with Gasteiger partial charge in [-0.15, -0.1) is 0 Å². The third-order valence-electron chi connectivity index (χ3n) is 4.74. The van der Waals surface area contributed by atoms with Crippen molar-refractivity contribution < 1.29 is 14.7 Å². The molecule has 0 aromatic heterocycles. The van der Waals surface area contributed by atoms with Crippen LogP contribution < -0.4 is 10.6 Å². The van der Waals surface area contributed by atoms with Gasteiger partial charge in [0.15, 0.2) is 0 Å². The van der Waals surface area contributed by atoms with Crippen molar-refractivity contribution in [2.75, 3.05) is 6.54 Å². The second-order valence-electron chi connectivity index (χ2n) is 6.52. The molecule has 5 heteroatoms. The zero-order valence-corrected chi connectivity index (χ0v) is 13.5. The van der Waals surface area contributed by atoms with Gasteiger partial charge in [-0.1, -0.05) is 52.9 Å². The van der Waals surface area contributed by atoms with E-state index in [0.29, 0.717) is 12.5 Å². The normalized spacial score (nSPS) is 24.9. The van der Waals surface area contributed by atoms with E-state index >= 15 is 0 Å². The number of hydrogen-bond acceptors (Lipinski definition) is 2. The maximum absolute atomic E-state index is 11.8. The summed E-state index contributed by atoms with van der Waals surface area (Å²) in [6.45, 7) is 6.67. The van der Waals surface area contributed by atoms with Gasteiger partial charge in [0.05, 0.1) is 0 Å². The number of carbonyl (C=O) groups excluding carboxylic acids is 1. The number of carboxylic acid groups (broad SMARTS) is 1. The average Bonchev–Trinajstić information content (AvgIpc) is 2.45. The van der Waals surface area contributed by atoms with Gasteiger partial charge in [-0.05, 0) is 24.2 Å². The van der Waals surface area contributed by atoms with Crippen molar-refractivity contribution in [1.29, 1.82) is 0 Å². The molecule has 0 saturated heterocycles. The van der Waals surface area contributed by atoms with E-state index in [2.05, 4.69) is 17.6 Å². The van der Waals surface area contributed by atoms with E-state index in [1.165, 1.54) is 25.7 Å². The highest BCUT2D eigenvalue weighted by molar-refractivity contribution is 5.82. The first-order valence-electron chi connectivity index (χ1n) is 8.21. The summed E-state index contributed by atoms with van der Waals surface area (Å²) in [5, 5.41) is 14.5. The molecule has 1 aliphatic carbocycles. The lowest BCUT2D eigenvalue weighted by Gasteiger charge is -2.26. The second-order valence-corrected chi connectivity index (χ2v) is 6.52. The highest BCUT2D eigenvalue weighted by Gasteiger charge is 2.25. The number of carbonyl (C=O) groups is 2. The predicted molar refractivity (Wildman–Crippen MR) is 83.2 cm³/mol. The first-order chi connectivity index (χ1) is 9.93. The quantitative estimate of drug-likeness (QED) is 0.676. The molecule has 122 valence electrons. The molecule has 0 heterocycles. The summed E-state index contributed by atoms with van der Waals surface area (Å²) in [5.74, 6) is 0.490. The van der Waals surface area contributed by atoms with Gasteiger partial charge in [0.25, 0.3) is 0 Å². The fourth-order valence-electron chi connectivity index (χ4n) is 2.88. The molecule has 3 N–H and O–H groups in total. The minimum absolute atomic E-state index is 0.0758. The van der Waals surface area contributed by atoms with E-state index in [9.17, 15) is 9.59 Å². The van der Waals surface area contributed by atoms with Gasteiger partial charge >= 0.3 is 12.0 Å². The lowest BCUT2D eigenvalue weighted by atomic mass is 9.81. The van der Waals surface area contributed by atoms with Crippen molar-refractivity contribution in [3.05, 3.63) is 0 Å². The van der Waals surface area contributed by atoms with Gasteiger partial charge in [0.2, 0.25) is 0 Å². The lowest BCUT2D eigenvalue weighted by molar-refractivity contribution is -0.140. The molecular formula is C16H30N2O3. The fourth-order valence-corrected chi connectivity index (χ4v) is 2.88. The molecule has 0 aliphatic heterocycles. The Morgan fingerprint density at radius 1 is 1.24 bits per heavy atom. The van der Waals surface area contributed by atoms with E-state index in [1.807, 2.05) is 13.8 Å². The highest BCUT2D eigenvalue weighted by Crippen LogP contribution is 2.29. The summed E-state index contributed by atoms with van der Waals surface area (Å²) < 4.78 is 0. The van der Waals surface area contributed by atoms with Crippen LogP contribution in [0.15, 0.2) is 0 Å². The molecule has 0 spiro atoms. The molecule has 2 atom stereocenters. The number of hydrogen-bond donors (Lipinski definition) is 3. The monoisotopic (exact) mass is 298 g/mol. The van der Waals surface area contributed by atoms with Crippen molar-refractivity contribution in [1.82, 2.24) is 10.6 Å². The predicted octanol–water partition coefficient (Wildman–Crippen LogP) is 3.00. The molecule has 5 nitrogen and oxygen atoms in total. The third kappa shape index (κ3) is 6.36. The maximum atomic E-state index is 11.8. The van der Waals surface area contributed by atoms with E-state index < -0.39 is 12.0 Å². The number of nitrogens with one attached hydrogen (secondary N) is 2. The number of rotatable bonds is 7. The van der Waals surface area contributed by atoms with E-state index in [0.717, 1.165) is 18.8 Å². The van der Waals surface area contributed by atoms with Crippen LogP contribution in [0, 0.1) is 17.8 Å². The summed E-state index contributed by atoms with van der Waals surface area (Å²) in [6.07, 6.45) is 6.76. The third-order valence-corrected chi connectivity index (χ3v) is 4.74.